The summed E-state index contributed by atoms with van der Waals surface area (Å²) in [7, 11) is -4.00. The van der Waals surface area contributed by atoms with Crippen molar-refractivity contribution in [3.63, 3.8) is 0 Å². The van der Waals surface area contributed by atoms with Gasteiger partial charge >= 0.3 is 5.97 Å². The Balaban J connectivity index is 1.89. The van der Waals surface area contributed by atoms with Gasteiger partial charge in [-0.2, -0.15) is 0 Å². The van der Waals surface area contributed by atoms with Gasteiger partial charge in [-0.15, -0.1) is 0 Å². The summed E-state index contributed by atoms with van der Waals surface area (Å²) in [5.74, 6) is -0.993. The topological polar surface area (TPSA) is 83.9 Å². The lowest BCUT2D eigenvalue weighted by molar-refractivity contribution is 0.0695. The van der Waals surface area contributed by atoms with Crippen LogP contribution in [0.25, 0.3) is 0 Å². The lowest BCUT2D eigenvalue weighted by atomic mass is 10.1. The summed E-state index contributed by atoms with van der Waals surface area (Å²) >= 11 is 5.76. The van der Waals surface area contributed by atoms with Gasteiger partial charge in [0, 0.05) is 12.6 Å². The van der Waals surface area contributed by atoms with Gasteiger partial charge in [0.25, 0.3) is 10.0 Å². The van der Waals surface area contributed by atoms with Crippen molar-refractivity contribution >= 4 is 33.3 Å². The van der Waals surface area contributed by atoms with Crippen LogP contribution in [0, 0.1) is 5.82 Å². The zero-order chi connectivity index (χ0) is 23.5. The second kappa shape index (κ2) is 9.58. The molecule has 0 saturated carbocycles. The minimum atomic E-state index is -4.00. The van der Waals surface area contributed by atoms with E-state index in [0.29, 0.717) is 29.2 Å². The van der Waals surface area contributed by atoms with Gasteiger partial charge in [-0.1, -0.05) is 24.6 Å². The molecule has 0 unspecified atom stereocenters. The SMILES string of the molecule is CCc1ccc(S(=O)(=O)N(CC)c2ccc(Oc3ccc(F)c(Cl)c3)cc2)cc1C(=O)O. The van der Waals surface area contributed by atoms with Crippen molar-refractivity contribution in [1.82, 2.24) is 0 Å². The Labute approximate surface area is 190 Å². The summed E-state index contributed by atoms with van der Waals surface area (Å²) in [6.45, 7) is 3.62. The number of carboxylic acid groups (broad SMARTS) is 1. The molecule has 168 valence electrons. The highest BCUT2D eigenvalue weighted by molar-refractivity contribution is 7.92. The second-order valence-corrected chi connectivity index (χ2v) is 9.09. The number of nitrogens with zero attached hydrogens (tertiary/aromatic N) is 1. The minimum absolute atomic E-state index is 0.0358. The Kier molecular flexibility index (Phi) is 7.06. The van der Waals surface area contributed by atoms with Crippen molar-refractivity contribution in [2.45, 2.75) is 25.2 Å². The Bertz CT molecular complexity index is 1250. The van der Waals surface area contributed by atoms with Crippen LogP contribution in [0.2, 0.25) is 5.02 Å². The number of anilines is 1. The molecule has 0 aromatic heterocycles. The van der Waals surface area contributed by atoms with E-state index in [0.717, 1.165) is 0 Å². The number of rotatable bonds is 8. The van der Waals surface area contributed by atoms with Crippen LogP contribution in [-0.4, -0.2) is 26.0 Å². The molecule has 0 aliphatic rings. The fourth-order valence-electron chi connectivity index (χ4n) is 3.20. The van der Waals surface area contributed by atoms with Crippen molar-refractivity contribution < 1.29 is 27.4 Å². The third kappa shape index (κ3) is 4.87. The van der Waals surface area contributed by atoms with Gasteiger partial charge in [0.05, 0.1) is 21.2 Å². The van der Waals surface area contributed by atoms with Gasteiger partial charge in [-0.25, -0.2) is 17.6 Å². The third-order valence-corrected chi connectivity index (χ3v) is 7.01. The Morgan fingerprint density at radius 2 is 1.69 bits per heavy atom. The van der Waals surface area contributed by atoms with Gasteiger partial charge < -0.3 is 9.84 Å². The highest BCUT2D eigenvalue weighted by atomic mass is 35.5. The molecule has 0 heterocycles. The van der Waals surface area contributed by atoms with E-state index in [2.05, 4.69) is 0 Å². The lowest BCUT2D eigenvalue weighted by Gasteiger charge is -2.23. The molecule has 3 aromatic carbocycles. The normalized spacial score (nSPS) is 11.2. The maximum atomic E-state index is 13.3. The zero-order valence-corrected chi connectivity index (χ0v) is 19.0. The van der Waals surface area contributed by atoms with Crippen LogP contribution in [0.5, 0.6) is 11.5 Å². The van der Waals surface area contributed by atoms with E-state index < -0.39 is 21.8 Å². The first-order chi connectivity index (χ1) is 15.2. The standard InChI is InChI=1S/C23H21ClFNO5S/c1-3-15-5-11-19(14-20(15)23(27)28)32(29,30)26(4-2)16-6-8-17(9-7-16)31-18-10-12-22(25)21(24)13-18/h5-14H,3-4H2,1-2H3,(H,27,28). The molecule has 0 radical (unpaired) electrons. The molecule has 0 amide bonds. The van der Waals surface area contributed by atoms with Gasteiger partial charge in [0.2, 0.25) is 0 Å². The predicted octanol–water partition coefficient (Wildman–Crippen LogP) is 5.75. The van der Waals surface area contributed by atoms with Crippen LogP contribution < -0.4 is 9.04 Å². The first-order valence-electron chi connectivity index (χ1n) is 9.79. The fourth-order valence-corrected chi connectivity index (χ4v) is 4.87. The van der Waals surface area contributed by atoms with Crippen LogP contribution in [0.3, 0.4) is 0 Å². The maximum Gasteiger partial charge on any atom is 0.336 e. The summed E-state index contributed by atoms with van der Waals surface area (Å²) in [6, 6.07) is 14.4. The van der Waals surface area contributed by atoms with Gasteiger partial charge in [0.15, 0.2) is 0 Å². The van der Waals surface area contributed by atoms with E-state index in [9.17, 15) is 22.7 Å². The minimum Gasteiger partial charge on any atom is -0.478 e. The Morgan fingerprint density at radius 3 is 2.25 bits per heavy atom. The average Bonchev–Trinajstić information content (AvgIpc) is 2.77. The number of benzene rings is 3. The summed E-state index contributed by atoms with van der Waals surface area (Å²) in [4.78, 5) is 11.4. The molecule has 3 rings (SSSR count). The number of aryl methyl sites for hydroxylation is 1. The molecular weight excluding hydrogens is 457 g/mol. The molecule has 3 aromatic rings. The molecule has 0 atom stereocenters. The van der Waals surface area contributed by atoms with E-state index in [4.69, 9.17) is 16.3 Å². The smallest absolute Gasteiger partial charge is 0.336 e. The maximum absolute atomic E-state index is 13.3. The first kappa shape index (κ1) is 23.6. The van der Waals surface area contributed by atoms with Crippen molar-refractivity contribution in [2.75, 3.05) is 10.8 Å². The Hall–Kier alpha value is -3.10. The van der Waals surface area contributed by atoms with Gasteiger partial charge in [-0.3, -0.25) is 4.31 Å². The van der Waals surface area contributed by atoms with Crippen LogP contribution in [0.15, 0.2) is 65.6 Å². The highest BCUT2D eigenvalue weighted by Crippen LogP contribution is 2.30. The highest BCUT2D eigenvalue weighted by Gasteiger charge is 2.25. The van der Waals surface area contributed by atoms with E-state index in [1.807, 2.05) is 0 Å². The van der Waals surface area contributed by atoms with Gasteiger partial charge in [-0.05, 0) is 67.4 Å². The quantitative estimate of drug-likeness (QED) is 0.446. The molecule has 0 spiro atoms. The molecule has 32 heavy (non-hydrogen) atoms. The third-order valence-electron chi connectivity index (χ3n) is 4.82. The van der Waals surface area contributed by atoms with Crippen LogP contribution in [-0.2, 0) is 16.4 Å². The number of hydrogen-bond donors (Lipinski definition) is 1. The van der Waals surface area contributed by atoms with Crippen LogP contribution >= 0.6 is 11.6 Å². The molecule has 0 aliphatic carbocycles. The van der Waals surface area contributed by atoms with E-state index in [1.165, 1.54) is 40.7 Å². The Morgan fingerprint density at radius 1 is 1.03 bits per heavy atom. The first-order valence-corrected chi connectivity index (χ1v) is 11.6. The second-order valence-electron chi connectivity index (χ2n) is 6.82. The van der Waals surface area contributed by atoms with Crippen LogP contribution in [0.1, 0.15) is 29.8 Å². The van der Waals surface area contributed by atoms with E-state index in [-0.39, 0.29) is 22.0 Å². The number of ether oxygens (including phenoxy) is 1. The number of carboxylic acids is 1. The number of halogens is 2. The molecule has 1 N–H and O–H groups in total. The van der Waals surface area contributed by atoms with Gasteiger partial charge in [0.1, 0.15) is 17.3 Å². The number of carbonyl (C=O) groups is 1. The molecule has 0 bridgehead atoms. The van der Waals surface area contributed by atoms with E-state index >= 15 is 0 Å². The van der Waals surface area contributed by atoms with Crippen molar-refractivity contribution in [1.29, 1.82) is 0 Å². The zero-order valence-electron chi connectivity index (χ0n) is 17.4. The average molecular weight is 478 g/mol. The van der Waals surface area contributed by atoms with Crippen LogP contribution in [0.4, 0.5) is 10.1 Å². The molecule has 0 saturated heterocycles. The summed E-state index contributed by atoms with van der Waals surface area (Å²) < 4.78 is 46.6. The molecule has 0 aliphatic heterocycles. The van der Waals surface area contributed by atoms with Crippen molar-refractivity contribution in [3.05, 3.63) is 82.6 Å². The van der Waals surface area contributed by atoms with E-state index in [1.54, 1.807) is 38.1 Å². The molecule has 0 fully saturated rings. The molecule has 9 heteroatoms. The summed E-state index contributed by atoms with van der Waals surface area (Å²) in [6.07, 6.45) is 0.472. The lowest BCUT2D eigenvalue weighted by Crippen LogP contribution is -2.31. The molecular formula is C23H21ClFNO5S. The monoisotopic (exact) mass is 477 g/mol. The number of aromatic carboxylic acids is 1. The molecule has 6 nitrogen and oxygen atoms in total. The predicted molar refractivity (Wildman–Crippen MR) is 121 cm³/mol. The van der Waals surface area contributed by atoms with Crippen molar-refractivity contribution in [2.24, 2.45) is 0 Å². The number of hydrogen-bond acceptors (Lipinski definition) is 4. The van der Waals surface area contributed by atoms with Crippen molar-refractivity contribution in [3.8, 4) is 11.5 Å². The largest absolute Gasteiger partial charge is 0.478 e. The summed E-state index contributed by atoms with van der Waals surface area (Å²) in [5, 5.41) is 9.36. The number of sulfonamides is 1. The fraction of sp³-hybridized carbons (Fsp3) is 0.174. The summed E-state index contributed by atoms with van der Waals surface area (Å²) in [5.41, 5.74) is 0.904.